The Morgan fingerprint density at radius 2 is 1.89 bits per heavy atom. The Hall–Kier alpha value is -2.73. The Kier molecular flexibility index (Phi) is 6.33. The molecule has 3 rings (SSSR count). The Labute approximate surface area is 165 Å². The number of ether oxygens (including phenoxy) is 1. The summed E-state index contributed by atoms with van der Waals surface area (Å²) >= 11 is 0. The molecule has 0 aromatic heterocycles. The molecule has 7 heteroatoms. The highest BCUT2D eigenvalue weighted by Gasteiger charge is 2.45. The number of carbonyl (C=O) groups is 2. The number of nitrogens with two attached hydrogens (primary N) is 1. The lowest BCUT2D eigenvalue weighted by atomic mass is 9.96. The van der Waals surface area contributed by atoms with Crippen LogP contribution >= 0.6 is 12.4 Å². The van der Waals surface area contributed by atoms with Crippen molar-refractivity contribution < 1.29 is 14.3 Å². The van der Waals surface area contributed by atoms with E-state index in [0.717, 1.165) is 6.42 Å². The summed E-state index contributed by atoms with van der Waals surface area (Å²) in [7, 11) is 1.54. The van der Waals surface area contributed by atoms with Crippen LogP contribution in [0.5, 0.6) is 5.75 Å². The molecule has 0 bridgehead atoms. The van der Waals surface area contributed by atoms with Gasteiger partial charge in [0.15, 0.2) is 0 Å². The van der Waals surface area contributed by atoms with Crippen LogP contribution in [0.3, 0.4) is 0 Å². The summed E-state index contributed by atoms with van der Waals surface area (Å²) in [6.07, 6.45) is 1.40. The van der Waals surface area contributed by atoms with Crippen LogP contribution in [-0.4, -0.2) is 35.9 Å². The van der Waals surface area contributed by atoms with Gasteiger partial charge in [-0.2, -0.15) is 0 Å². The molecule has 0 saturated carbocycles. The number of halogens is 1. The summed E-state index contributed by atoms with van der Waals surface area (Å²) in [5, 5.41) is 2.88. The number of amides is 2. The van der Waals surface area contributed by atoms with E-state index in [-0.39, 0.29) is 24.2 Å². The van der Waals surface area contributed by atoms with Crippen molar-refractivity contribution in [3.8, 4) is 5.75 Å². The number of carbonyl (C=O) groups excluding carboxylic acids is 2. The van der Waals surface area contributed by atoms with Crippen molar-refractivity contribution in [3.63, 3.8) is 0 Å². The number of nitrogen functional groups attached to an aromatic ring is 1. The van der Waals surface area contributed by atoms with E-state index in [2.05, 4.69) is 5.32 Å². The lowest BCUT2D eigenvalue weighted by molar-refractivity contribution is -0.124. The highest BCUT2D eigenvalue weighted by Crippen LogP contribution is 2.32. The topological polar surface area (TPSA) is 84.7 Å². The van der Waals surface area contributed by atoms with Crippen LogP contribution in [0.15, 0.2) is 48.5 Å². The number of anilines is 2. The summed E-state index contributed by atoms with van der Waals surface area (Å²) < 4.78 is 5.13. The fraction of sp³-hybridized carbons (Fsp3) is 0.300. The molecule has 3 N–H and O–H groups in total. The molecule has 1 aliphatic heterocycles. The minimum atomic E-state index is -0.901. The van der Waals surface area contributed by atoms with Crippen molar-refractivity contribution in [1.82, 2.24) is 4.90 Å². The third kappa shape index (κ3) is 4.01. The molecule has 2 amide bonds. The first-order valence-corrected chi connectivity index (χ1v) is 8.58. The lowest BCUT2D eigenvalue weighted by Gasteiger charge is -2.34. The second kappa shape index (κ2) is 8.31. The minimum Gasteiger partial charge on any atom is -0.495 e. The highest BCUT2D eigenvalue weighted by molar-refractivity contribution is 6.04. The first kappa shape index (κ1) is 20.6. The number of nitrogens with one attached hydrogen (secondary N) is 1. The predicted molar refractivity (Wildman–Crippen MR) is 108 cm³/mol. The van der Waals surface area contributed by atoms with Gasteiger partial charge < -0.3 is 20.7 Å². The number of hydrogen-bond acceptors (Lipinski definition) is 4. The molecule has 2 aromatic carbocycles. The van der Waals surface area contributed by atoms with E-state index >= 15 is 0 Å². The Morgan fingerprint density at radius 3 is 2.52 bits per heavy atom. The zero-order valence-electron chi connectivity index (χ0n) is 15.4. The zero-order chi connectivity index (χ0) is 18.7. The van der Waals surface area contributed by atoms with Crippen molar-refractivity contribution in [2.75, 3.05) is 24.7 Å². The van der Waals surface area contributed by atoms with Crippen LogP contribution in [-0.2, 0) is 4.79 Å². The van der Waals surface area contributed by atoms with Gasteiger partial charge in [0.25, 0.3) is 5.91 Å². The van der Waals surface area contributed by atoms with Crippen LogP contribution in [0.25, 0.3) is 0 Å². The fourth-order valence-electron chi connectivity index (χ4n) is 3.34. The Bertz CT molecular complexity index is 828. The Balaban J connectivity index is 0.00000261. The summed E-state index contributed by atoms with van der Waals surface area (Å²) in [5.41, 5.74) is 6.61. The highest BCUT2D eigenvalue weighted by atomic mass is 35.5. The van der Waals surface area contributed by atoms with E-state index < -0.39 is 5.54 Å². The van der Waals surface area contributed by atoms with Gasteiger partial charge in [-0.05, 0) is 50.1 Å². The molecular weight excluding hydrogens is 366 g/mol. The smallest absolute Gasteiger partial charge is 0.254 e. The number of rotatable bonds is 4. The molecule has 0 aliphatic carbocycles. The van der Waals surface area contributed by atoms with Crippen molar-refractivity contribution in [1.29, 1.82) is 0 Å². The molecule has 2 aromatic rings. The first-order chi connectivity index (χ1) is 12.5. The van der Waals surface area contributed by atoms with Crippen LogP contribution in [0.1, 0.15) is 30.1 Å². The van der Waals surface area contributed by atoms with Crippen molar-refractivity contribution >= 4 is 35.6 Å². The summed E-state index contributed by atoms with van der Waals surface area (Å²) in [6.45, 7) is 2.37. The number of likely N-dealkylation sites (tertiary alicyclic amines) is 1. The van der Waals surface area contributed by atoms with Gasteiger partial charge in [-0.25, -0.2) is 0 Å². The van der Waals surface area contributed by atoms with E-state index in [0.29, 0.717) is 35.7 Å². The van der Waals surface area contributed by atoms with Gasteiger partial charge in [-0.1, -0.05) is 18.2 Å². The van der Waals surface area contributed by atoms with Gasteiger partial charge in [0.05, 0.1) is 12.8 Å². The quantitative estimate of drug-likeness (QED) is 0.785. The molecule has 1 unspecified atom stereocenters. The maximum absolute atomic E-state index is 13.0. The number of benzene rings is 2. The summed E-state index contributed by atoms with van der Waals surface area (Å²) in [6, 6.07) is 14.1. The van der Waals surface area contributed by atoms with E-state index in [1.54, 1.807) is 35.2 Å². The van der Waals surface area contributed by atoms with Gasteiger partial charge >= 0.3 is 0 Å². The van der Waals surface area contributed by atoms with Crippen molar-refractivity contribution in [3.05, 3.63) is 54.1 Å². The second-order valence-corrected chi connectivity index (χ2v) is 6.61. The van der Waals surface area contributed by atoms with E-state index in [1.807, 2.05) is 25.1 Å². The minimum absolute atomic E-state index is 0. The van der Waals surface area contributed by atoms with Crippen LogP contribution in [0, 0.1) is 0 Å². The molecule has 6 nitrogen and oxygen atoms in total. The average Bonchev–Trinajstić information content (AvgIpc) is 3.05. The third-order valence-electron chi connectivity index (χ3n) is 4.88. The lowest BCUT2D eigenvalue weighted by Crippen LogP contribution is -2.53. The molecule has 0 radical (unpaired) electrons. The molecule has 1 saturated heterocycles. The Morgan fingerprint density at radius 1 is 1.19 bits per heavy atom. The van der Waals surface area contributed by atoms with Crippen molar-refractivity contribution in [2.24, 2.45) is 0 Å². The average molecular weight is 390 g/mol. The van der Waals surface area contributed by atoms with E-state index in [9.17, 15) is 9.59 Å². The van der Waals surface area contributed by atoms with Gasteiger partial charge in [0.1, 0.15) is 11.3 Å². The number of hydrogen-bond donors (Lipinski definition) is 2. The van der Waals surface area contributed by atoms with Gasteiger partial charge in [-0.15, -0.1) is 12.4 Å². The molecule has 1 atom stereocenters. The van der Waals surface area contributed by atoms with Crippen LogP contribution in [0.2, 0.25) is 0 Å². The zero-order valence-corrected chi connectivity index (χ0v) is 16.2. The maximum Gasteiger partial charge on any atom is 0.254 e. The fourth-order valence-corrected chi connectivity index (χ4v) is 3.34. The molecule has 144 valence electrons. The second-order valence-electron chi connectivity index (χ2n) is 6.61. The van der Waals surface area contributed by atoms with Crippen molar-refractivity contribution in [2.45, 2.75) is 25.3 Å². The normalized spacial score (nSPS) is 18.5. The molecule has 27 heavy (non-hydrogen) atoms. The number of nitrogens with zero attached hydrogens (tertiary/aromatic N) is 1. The SMILES string of the molecule is COc1ccc(NC(=O)C2(C)CCCN2C(=O)c2ccccc2)cc1N.Cl. The van der Waals surface area contributed by atoms with Gasteiger partial charge in [0, 0.05) is 17.8 Å². The largest absolute Gasteiger partial charge is 0.495 e. The standard InChI is InChI=1S/C20H23N3O3.ClH/c1-20(19(25)22-15-9-10-17(26-2)16(21)13-15)11-6-12-23(20)18(24)14-7-4-3-5-8-14;/h3-5,7-10,13H,6,11-12,21H2,1-2H3,(H,22,25);1H. The predicted octanol–water partition coefficient (Wildman–Crippen LogP) is 3.33. The molecule has 1 heterocycles. The molecule has 1 fully saturated rings. The maximum atomic E-state index is 13.0. The van der Waals surface area contributed by atoms with Crippen LogP contribution in [0.4, 0.5) is 11.4 Å². The van der Waals surface area contributed by atoms with Gasteiger partial charge in [0.2, 0.25) is 5.91 Å². The number of methoxy groups -OCH3 is 1. The molecule has 1 aliphatic rings. The third-order valence-corrected chi connectivity index (χ3v) is 4.88. The van der Waals surface area contributed by atoms with E-state index in [1.165, 1.54) is 7.11 Å². The van der Waals surface area contributed by atoms with E-state index in [4.69, 9.17) is 10.5 Å². The molecule has 0 spiro atoms. The first-order valence-electron chi connectivity index (χ1n) is 8.58. The van der Waals surface area contributed by atoms with Gasteiger partial charge in [-0.3, -0.25) is 9.59 Å². The summed E-state index contributed by atoms with van der Waals surface area (Å²) in [5.74, 6) is 0.204. The summed E-state index contributed by atoms with van der Waals surface area (Å²) in [4.78, 5) is 27.5. The van der Waals surface area contributed by atoms with Crippen LogP contribution < -0.4 is 15.8 Å². The molecular formula is C20H24ClN3O3. The monoisotopic (exact) mass is 389 g/mol.